The molecule has 0 amide bonds. The molecular weight excluding hydrogens is 354 g/mol. The van der Waals surface area contributed by atoms with Crippen molar-refractivity contribution in [1.82, 2.24) is 0 Å². The Morgan fingerprint density at radius 2 is 2.10 bits per heavy atom. The van der Waals surface area contributed by atoms with Crippen LogP contribution in [0, 0.1) is 0 Å². The standard InChI is InChI=1S/C15H16BrNO3S/c1-4-9-12(17)14(15(18)20-3)21-13(9)10-7-8(19-2)5-6-11(10)16/h5-7H,4,17H2,1-3H3. The lowest BCUT2D eigenvalue weighted by Gasteiger charge is -2.08. The normalized spacial score (nSPS) is 10.5. The van der Waals surface area contributed by atoms with Crippen molar-refractivity contribution in [3.8, 4) is 16.2 Å². The van der Waals surface area contributed by atoms with Crippen LogP contribution in [0.3, 0.4) is 0 Å². The number of esters is 1. The minimum atomic E-state index is -0.405. The van der Waals surface area contributed by atoms with Crippen LogP contribution in [0.5, 0.6) is 5.75 Å². The molecule has 0 unspecified atom stereocenters. The maximum absolute atomic E-state index is 11.8. The predicted octanol–water partition coefficient (Wildman–Crippen LogP) is 4.12. The summed E-state index contributed by atoms with van der Waals surface area (Å²) in [6.07, 6.45) is 0.734. The van der Waals surface area contributed by atoms with Crippen molar-refractivity contribution in [3.05, 3.63) is 33.1 Å². The van der Waals surface area contributed by atoms with Gasteiger partial charge in [0.1, 0.15) is 10.6 Å². The average Bonchev–Trinajstić information content (AvgIpc) is 2.83. The summed E-state index contributed by atoms with van der Waals surface area (Å²) in [5.74, 6) is 0.347. The van der Waals surface area contributed by atoms with Crippen molar-refractivity contribution in [2.75, 3.05) is 20.0 Å². The molecule has 2 N–H and O–H groups in total. The van der Waals surface area contributed by atoms with Crippen LogP contribution in [0.4, 0.5) is 5.69 Å². The molecule has 4 nitrogen and oxygen atoms in total. The third kappa shape index (κ3) is 2.91. The number of anilines is 1. The van der Waals surface area contributed by atoms with Crippen molar-refractivity contribution >= 4 is 38.9 Å². The molecule has 2 aromatic rings. The predicted molar refractivity (Wildman–Crippen MR) is 89.1 cm³/mol. The van der Waals surface area contributed by atoms with Crippen LogP contribution in [0.1, 0.15) is 22.2 Å². The highest BCUT2D eigenvalue weighted by atomic mass is 79.9. The first-order valence-corrected chi connectivity index (χ1v) is 7.97. The number of halogens is 1. The van der Waals surface area contributed by atoms with Crippen LogP contribution < -0.4 is 10.5 Å². The van der Waals surface area contributed by atoms with Gasteiger partial charge in [0.25, 0.3) is 0 Å². The Morgan fingerprint density at radius 1 is 1.38 bits per heavy atom. The molecule has 0 radical (unpaired) electrons. The minimum Gasteiger partial charge on any atom is -0.497 e. The Bertz CT molecular complexity index is 682. The van der Waals surface area contributed by atoms with Gasteiger partial charge in [-0.15, -0.1) is 11.3 Å². The number of carbonyl (C=O) groups is 1. The van der Waals surface area contributed by atoms with Gasteiger partial charge in [-0.2, -0.15) is 0 Å². The Balaban J connectivity index is 2.66. The maximum atomic E-state index is 11.8. The highest BCUT2D eigenvalue weighted by molar-refractivity contribution is 9.10. The molecule has 0 aliphatic carbocycles. The van der Waals surface area contributed by atoms with Gasteiger partial charge >= 0.3 is 5.97 Å². The quantitative estimate of drug-likeness (QED) is 0.823. The number of methoxy groups -OCH3 is 2. The minimum absolute atomic E-state index is 0.405. The van der Waals surface area contributed by atoms with E-state index in [1.165, 1.54) is 18.4 Å². The molecule has 0 aliphatic heterocycles. The smallest absolute Gasteiger partial charge is 0.350 e. The first kappa shape index (κ1) is 15.9. The van der Waals surface area contributed by atoms with E-state index in [4.69, 9.17) is 15.2 Å². The average molecular weight is 370 g/mol. The summed E-state index contributed by atoms with van der Waals surface area (Å²) in [4.78, 5) is 13.2. The molecule has 0 saturated heterocycles. The number of hydrogen-bond acceptors (Lipinski definition) is 5. The number of hydrogen-bond donors (Lipinski definition) is 1. The van der Waals surface area contributed by atoms with Gasteiger partial charge < -0.3 is 15.2 Å². The van der Waals surface area contributed by atoms with E-state index in [1.54, 1.807) is 7.11 Å². The van der Waals surface area contributed by atoms with E-state index < -0.39 is 5.97 Å². The van der Waals surface area contributed by atoms with Gasteiger partial charge in [0, 0.05) is 14.9 Å². The lowest BCUT2D eigenvalue weighted by Crippen LogP contribution is -2.02. The summed E-state index contributed by atoms with van der Waals surface area (Å²) >= 11 is 4.89. The molecule has 0 atom stereocenters. The van der Waals surface area contributed by atoms with Crippen LogP contribution in [0.15, 0.2) is 22.7 Å². The third-order valence-electron chi connectivity index (χ3n) is 3.19. The highest BCUT2D eigenvalue weighted by Crippen LogP contribution is 2.43. The van der Waals surface area contributed by atoms with E-state index in [1.807, 2.05) is 25.1 Å². The fourth-order valence-corrected chi connectivity index (χ4v) is 3.93. The summed E-state index contributed by atoms with van der Waals surface area (Å²) < 4.78 is 11.0. The Morgan fingerprint density at radius 3 is 2.67 bits per heavy atom. The van der Waals surface area contributed by atoms with Crippen LogP contribution in [0.25, 0.3) is 10.4 Å². The van der Waals surface area contributed by atoms with E-state index in [0.717, 1.165) is 32.6 Å². The third-order valence-corrected chi connectivity index (χ3v) is 5.14. The van der Waals surface area contributed by atoms with Gasteiger partial charge in [-0.05, 0) is 30.2 Å². The second kappa shape index (κ2) is 6.49. The van der Waals surface area contributed by atoms with Crippen LogP contribution in [0.2, 0.25) is 0 Å². The zero-order chi connectivity index (χ0) is 15.6. The number of carbonyl (C=O) groups excluding carboxylic acids is 1. The molecule has 1 heterocycles. The first-order valence-electron chi connectivity index (χ1n) is 6.36. The Hall–Kier alpha value is -1.53. The number of thiophene rings is 1. The summed E-state index contributed by atoms with van der Waals surface area (Å²) in [5.41, 5.74) is 8.52. The molecule has 21 heavy (non-hydrogen) atoms. The van der Waals surface area contributed by atoms with Crippen LogP contribution in [-0.2, 0) is 11.2 Å². The van der Waals surface area contributed by atoms with E-state index in [-0.39, 0.29) is 0 Å². The van der Waals surface area contributed by atoms with Crippen molar-refractivity contribution < 1.29 is 14.3 Å². The number of nitrogen functional groups attached to an aromatic ring is 1. The molecule has 112 valence electrons. The Kier molecular flexibility index (Phi) is 4.90. The van der Waals surface area contributed by atoms with E-state index >= 15 is 0 Å². The molecule has 0 aliphatic rings. The molecule has 0 spiro atoms. The lowest BCUT2D eigenvalue weighted by molar-refractivity contribution is 0.0607. The van der Waals surface area contributed by atoms with Gasteiger partial charge in [0.2, 0.25) is 0 Å². The number of rotatable bonds is 4. The molecule has 6 heteroatoms. The van der Waals surface area contributed by atoms with Crippen LogP contribution in [-0.4, -0.2) is 20.2 Å². The second-order valence-electron chi connectivity index (χ2n) is 4.34. The number of ether oxygens (including phenoxy) is 2. The fourth-order valence-electron chi connectivity index (χ4n) is 2.10. The van der Waals surface area contributed by atoms with E-state index in [2.05, 4.69) is 15.9 Å². The highest BCUT2D eigenvalue weighted by Gasteiger charge is 2.22. The zero-order valence-corrected chi connectivity index (χ0v) is 14.4. The maximum Gasteiger partial charge on any atom is 0.350 e. The lowest BCUT2D eigenvalue weighted by atomic mass is 10.1. The molecule has 0 saturated carbocycles. The van der Waals surface area contributed by atoms with Crippen molar-refractivity contribution in [1.29, 1.82) is 0 Å². The van der Waals surface area contributed by atoms with Crippen LogP contribution >= 0.6 is 27.3 Å². The van der Waals surface area contributed by atoms with Crippen molar-refractivity contribution in [3.63, 3.8) is 0 Å². The van der Waals surface area contributed by atoms with Gasteiger partial charge in [0.15, 0.2) is 0 Å². The largest absolute Gasteiger partial charge is 0.497 e. The summed E-state index contributed by atoms with van der Waals surface area (Å²) in [6, 6.07) is 5.72. The van der Waals surface area contributed by atoms with E-state index in [9.17, 15) is 4.79 Å². The summed E-state index contributed by atoms with van der Waals surface area (Å²) in [5, 5.41) is 0. The topological polar surface area (TPSA) is 61.5 Å². The van der Waals surface area contributed by atoms with Gasteiger partial charge in [-0.1, -0.05) is 22.9 Å². The van der Waals surface area contributed by atoms with E-state index in [0.29, 0.717) is 10.6 Å². The fraction of sp³-hybridized carbons (Fsp3) is 0.267. The number of benzene rings is 1. The second-order valence-corrected chi connectivity index (χ2v) is 6.22. The SMILES string of the molecule is CCc1c(-c2cc(OC)ccc2Br)sc(C(=O)OC)c1N. The van der Waals surface area contributed by atoms with Gasteiger partial charge in [-0.3, -0.25) is 0 Å². The van der Waals surface area contributed by atoms with Gasteiger partial charge in [0.05, 0.1) is 19.9 Å². The van der Waals surface area contributed by atoms with Crippen molar-refractivity contribution in [2.24, 2.45) is 0 Å². The van der Waals surface area contributed by atoms with Crippen molar-refractivity contribution in [2.45, 2.75) is 13.3 Å². The molecule has 1 aromatic heterocycles. The molecular formula is C15H16BrNO3S. The van der Waals surface area contributed by atoms with Gasteiger partial charge in [-0.25, -0.2) is 4.79 Å². The number of nitrogens with two attached hydrogens (primary N) is 1. The monoisotopic (exact) mass is 369 g/mol. The zero-order valence-electron chi connectivity index (χ0n) is 12.0. The summed E-state index contributed by atoms with van der Waals surface area (Å²) in [7, 11) is 2.98. The molecule has 2 rings (SSSR count). The first-order chi connectivity index (χ1) is 10.0. The summed E-state index contributed by atoms with van der Waals surface area (Å²) in [6.45, 7) is 2.01. The Labute approximate surface area is 136 Å². The molecule has 1 aromatic carbocycles. The molecule has 0 bridgehead atoms. The molecule has 0 fully saturated rings.